The lowest BCUT2D eigenvalue weighted by molar-refractivity contribution is 0.0947. The molecule has 0 bridgehead atoms. The summed E-state index contributed by atoms with van der Waals surface area (Å²) in [6, 6.07) is 11.4. The van der Waals surface area contributed by atoms with Crippen LogP contribution in [0.3, 0.4) is 0 Å². The van der Waals surface area contributed by atoms with Crippen molar-refractivity contribution >= 4 is 28.3 Å². The number of rotatable bonds is 6. The largest absolute Gasteiger partial charge is 0.351 e. The minimum Gasteiger partial charge on any atom is -0.351 e. The Hall–Kier alpha value is -3.02. The fourth-order valence-corrected chi connectivity index (χ4v) is 2.46. The van der Waals surface area contributed by atoms with E-state index < -0.39 is 0 Å². The van der Waals surface area contributed by atoms with Crippen molar-refractivity contribution in [3.8, 4) is 0 Å². The quantitative estimate of drug-likeness (QED) is 0.720. The van der Waals surface area contributed by atoms with Crippen molar-refractivity contribution < 1.29 is 4.79 Å². The Morgan fingerprint density at radius 2 is 1.96 bits per heavy atom. The van der Waals surface area contributed by atoms with Crippen LogP contribution in [0.1, 0.15) is 30.8 Å². The number of hydrogen-bond acceptors (Lipinski definition) is 5. The average Bonchev–Trinajstić information content (AvgIpc) is 2.62. The summed E-state index contributed by atoms with van der Waals surface area (Å²) in [7, 11) is 0. The van der Waals surface area contributed by atoms with E-state index in [-0.39, 0.29) is 5.91 Å². The van der Waals surface area contributed by atoms with Gasteiger partial charge in [-0.25, -0.2) is 9.97 Å². The van der Waals surface area contributed by atoms with Crippen LogP contribution in [0.5, 0.6) is 0 Å². The van der Waals surface area contributed by atoms with Gasteiger partial charge in [0.1, 0.15) is 17.8 Å². The van der Waals surface area contributed by atoms with E-state index >= 15 is 0 Å². The van der Waals surface area contributed by atoms with Crippen LogP contribution < -0.4 is 10.6 Å². The van der Waals surface area contributed by atoms with Gasteiger partial charge in [-0.2, -0.15) is 0 Å². The normalized spacial score (nSPS) is 10.8. The molecule has 0 atom stereocenters. The number of nitrogens with one attached hydrogen (secondary N) is 2. The van der Waals surface area contributed by atoms with Crippen LogP contribution in [-0.2, 0) is 0 Å². The van der Waals surface area contributed by atoms with E-state index in [2.05, 4.69) is 39.4 Å². The smallest absolute Gasteiger partial charge is 0.270 e. The molecule has 0 unspecified atom stereocenters. The Kier molecular flexibility index (Phi) is 5.18. The third kappa shape index (κ3) is 4.29. The third-order valence-corrected chi connectivity index (χ3v) is 3.80. The molecule has 0 radical (unpaired) electrons. The van der Waals surface area contributed by atoms with Gasteiger partial charge in [-0.1, -0.05) is 32.0 Å². The summed E-state index contributed by atoms with van der Waals surface area (Å²) in [5.74, 6) is 0.908. The fraction of sp³-hybridized carbons (Fsp3) is 0.263. The highest BCUT2D eigenvalue weighted by Gasteiger charge is 2.10. The molecule has 0 spiro atoms. The summed E-state index contributed by atoms with van der Waals surface area (Å²) >= 11 is 0. The fourth-order valence-electron chi connectivity index (χ4n) is 2.46. The maximum absolute atomic E-state index is 12.2. The second-order valence-corrected chi connectivity index (χ2v) is 6.23. The molecule has 2 N–H and O–H groups in total. The van der Waals surface area contributed by atoms with Crippen molar-refractivity contribution in [1.82, 2.24) is 20.3 Å². The standard InChI is InChI=1S/C19H21N5O/c1-13(2)8-10-21-19(25)16-11-17(23-12-22-16)24-15-7-3-5-14-6-4-9-20-18(14)15/h3-7,9,11-13H,8,10H2,1-2H3,(H,21,25)(H,22,23,24). The highest BCUT2D eigenvalue weighted by Crippen LogP contribution is 2.23. The summed E-state index contributed by atoms with van der Waals surface area (Å²) in [5.41, 5.74) is 2.03. The zero-order chi connectivity index (χ0) is 17.6. The molecule has 2 heterocycles. The molecule has 0 saturated heterocycles. The minimum atomic E-state index is -0.192. The average molecular weight is 335 g/mol. The lowest BCUT2D eigenvalue weighted by atomic mass is 10.1. The van der Waals surface area contributed by atoms with E-state index in [9.17, 15) is 4.79 Å². The van der Waals surface area contributed by atoms with Crippen molar-refractivity contribution in [2.24, 2.45) is 5.92 Å². The van der Waals surface area contributed by atoms with Crippen molar-refractivity contribution in [3.63, 3.8) is 0 Å². The Balaban J connectivity index is 1.76. The molecule has 128 valence electrons. The first kappa shape index (κ1) is 16.8. The molecule has 0 fully saturated rings. The van der Waals surface area contributed by atoms with Crippen LogP contribution in [0, 0.1) is 5.92 Å². The topological polar surface area (TPSA) is 79.8 Å². The van der Waals surface area contributed by atoms with Gasteiger partial charge in [0.15, 0.2) is 0 Å². The predicted octanol–water partition coefficient (Wildman–Crippen LogP) is 3.54. The number of pyridine rings is 1. The summed E-state index contributed by atoms with van der Waals surface area (Å²) in [6.45, 7) is 4.88. The Morgan fingerprint density at radius 3 is 2.80 bits per heavy atom. The molecule has 0 aliphatic heterocycles. The molecule has 2 aromatic heterocycles. The number of amides is 1. The van der Waals surface area contributed by atoms with Gasteiger partial charge < -0.3 is 10.6 Å². The minimum absolute atomic E-state index is 0.192. The van der Waals surface area contributed by atoms with Crippen molar-refractivity contribution in [2.45, 2.75) is 20.3 Å². The highest BCUT2D eigenvalue weighted by atomic mass is 16.1. The number of benzene rings is 1. The molecule has 0 saturated carbocycles. The Morgan fingerprint density at radius 1 is 1.12 bits per heavy atom. The van der Waals surface area contributed by atoms with Crippen LogP contribution in [0.2, 0.25) is 0 Å². The first-order valence-electron chi connectivity index (χ1n) is 8.34. The first-order chi connectivity index (χ1) is 12.1. The maximum Gasteiger partial charge on any atom is 0.270 e. The number of para-hydroxylation sites is 1. The Labute approximate surface area is 146 Å². The second-order valence-electron chi connectivity index (χ2n) is 6.23. The number of anilines is 2. The number of aromatic nitrogens is 3. The van der Waals surface area contributed by atoms with Crippen molar-refractivity contribution in [2.75, 3.05) is 11.9 Å². The molecule has 0 aliphatic rings. The molecule has 6 heteroatoms. The van der Waals surface area contributed by atoms with Gasteiger partial charge in [-0.3, -0.25) is 9.78 Å². The van der Waals surface area contributed by atoms with E-state index in [1.165, 1.54) is 6.33 Å². The lowest BCUT2D eigenvalue weighted by Gasteiger charge is -2.10. The van der Waals surface area contributed by atoms with E-state index in [0.29, 0.717) is 24.0 Å². The van der Waals surface area contributed by atoms with Gasteiger partial charge >= 0.3 is 0 Å². The Bertz CT molecular complexity index is 873. The zero-order valence-corrected chi connectivity index (χ0v) is 14.4. The summed E-state index contributed by atoms with van der Waals surface area (Å²) in [5, 5.41) is 7.14. The van der Waals surface area contributed by atoms with Gasteiger partial charge in [0, 0.05) is 24.2 Å². The molecule has 25 heavy (non-hydrogen) atoms. The van der Waals surface area contributed by atoms with Crippen LogP contribution in [0.4, 0.5) is 11.5 Å². The molecule has 1 amide bonds. The van der Waals surface area contributed by atoms with Gasteiger partial charge in [0.2, 0.25) is 0 Å². The maximum atomic E-state index is 12.2. The number of carbonyl (C=O) groups excluding carboxylic acids is 1. The van der Waals surface area contributed by atoms with Crippen LogP contribution in [0.15, 0.2) is 48.9 Å². The number of carbonyl (C=O) groups is 1. The number of nitrogens with zero attached hydrogens (tertiary/aromatic N) is 3. The summed E-state index contributed by atoms with van der Waals surface area (Å²) < 4.78 is 0. The van der Waals surface area contributed by atoms with Crippen molar-refractivity contribution in [3.05, 3.63) is 54.6 Å². The van der Waals surface area contributed by atoms with Gasteiger partial charge in [0.05, 0.1) is 11.2 Å². The summed E-state index contributed by atoms with van der Waals surface area (Å²) in [4.78, 5) is 24.9. The zero-order valence-electron chi connectivity index (χ0n) is 14.4. The molecule has 3 aromatic rings. The van der Waals surface area contributed by atoms with E-state index in [0.717, 1.165) is 23.0 Å². The molecule has 0 aliphatic carbocycles. The molecular weight excluding hydrogens is 314 g/mol. The monoisotopic (exact) mass is 335 g/mol. The molecule has 6 nitrogen and oxygen atoms in total. The SMILES string of the molecule is CC(C)CCNC(=O)c1cc(Nc2cccc3cccnc23)ncn1. The number of hydrogen-bond donors (Lipinski definition) is 2. The van der Waals surface area contributed by atoms with Crippen molar-refractivity contribution in [1.29, 1.82) is 0 Å². The predicted molar refractivity (Wildman–Crippen MR) is 98.8 cm³/mol. The summed E-state index contributed by atoms with van der Waals surface area (Å²) in [6.07, 6.45) is 4.07. The van der Waals surface area contributed by atoms with E-state index in [1.54, 1.807) is 12.3 Å². The molecule has 1 aromatic carbocycles. The molecular formula is C19H21N5O. The van der Waals surface area contributed by atoms with Crippen LogP contribution in [0.25, 0.3) is 10.9 Å². The van der Waals surface area contributed by atoms with E-state index in [1.807, 2.05) is 30.3 Å². The lowest BCUT2D eigenvalue weighted by Crippen LogP contribution is -2.26. The highest BCUT2D eigenvalue weighted by molar-refractivity contribution is 5.94. The first-order valence-corrected chi connectivity index (χ1v) is 8.34. The third-order valence-electron chi connectivity index (χ3n) is 3.80. The van der Waals surface area contributed by atoms with Crippen LogP contribution in [-0.4, -0.2) is 27.4 Å². The molecule has 3 rings (SSSR count). The number of fused-ring (bicyclic) bond motifs is 1. The second kappa shape index (κ2) is 7.70. The van der Waals surface area contributed by atoms with Gasteiger partial charge in [-0.05, 0) is 24.5 Å². The van der Waals surface area contributed by atoms with Gasteiger partial charge in [0.25, 0.3) is 5.91 Å². The van der Waals surface area contributed by atoms with Gasteiger partial charge in [-0.15, -0.1) is 0 Å². The van der Waals surface area contributed by atoms with Crippen LogP contribution >= 0.6 is 0 Å². The van der Waals surface area contributed by atoms with E-state index in [4.69, 9.17) is 0 Å².